The third-order valence-electron chi connectivity index (χ3n) is 1.44. The number of rotatable bonds is 2. The number of halogens is 3. The van der Waals surface area contributed by atoms with Gasteiger partial charge in [-0.2, -0.15) is 0 Å². The molecule has 13 heavy (non-hydrogen) atoms. The minimum Gasteiger partial charge on any atom is -0.392 e. The molecule has 0 bridgehead atoms. The quantitative estimate of drug-likeness (QED) is 0.814. The third kappa shape index (κ3) is 2.79. The van der Waals surface area contributed by atoms with Crippen LogP contribution in [-0.4, -0.2) is 11.7 Å². The fourth-order valence-electron chi connectivity index (χ4n) is 0.845. The summed E-state index contributed by atoms with van der Waals surface area (Å²) in [6.07, 6.45) is 3.14. The predicted molar refractivity (Wildman–Crippen MR) is 55.2 cm³/mol. The van der Waals surface area contributed by atoms with Crippen LogP contribution >= 0.6 is 27.5 Å². The van der Waals surface area contributed by atoms with E-state index in [4.69, 9.17) is 16.7 Å². The average Bonchev–Trinajstić information content (AvgIpc) is 2.09. The zero-order valence-corrected chi connectivity index (χ0v) is 8.94. The van der Waals surface area contributed by atoms with Crippen LogP contribution in [0.5, 0.6) is 0 Å². The molecule has 70 valence electrons. The molecular formula is C9H7BrClFO. The molecule has 0 aromatic heterocycles. The van der Waals surface area contributed by atoms with Crippen LogP contribution in [0.2, 0.25) is 5.02 Å². The zero-order chi connectivity index (χ0) is 9.84. The molecule has 0 spiro atoms. The molecule has 1 rings (SSSR count). The van der Waals surface area contributed by atoms with Crippen molar-refractivity contribution in [1.82, 2.24) is 0 Å². The maximum atomic E-state index is 12.9. The minimum atomic E-state index is -0.470. The molecule has 1 nitrogen and oxygen atoms in total. The smallest absolute Gasteiger partial charge is 0.142 e. The first kappa shape index (κ1) is 10.7. The first-order chi connectivity index (χ1) is 6.15. The van der Waals surface area contributed by atoms with E-state index in [2.05, 4.69) is 15.9 Å². The van der Waals surface area contributed by atoms with E-state index in [0.29, 0.717) is 10.0 Å². The first-order valence-electron chi connectivity index (χ1n) is 3.57. The van der Waals surface area contributed by atoms with Gasteiger partial charge < -0.3 is 5.11 Å². The molecule has 0 amide bonds. The van der Waals surface area contributed by atoms with Crippen molar-refractivity contribution in [3.63, 3.8) is 0 Å². The summed E-state index contributed by atoms with van der Waals surface area (Å²) in [4.78, 5) is 0. The van der Waals surface area contributed by atoms with Crippen LogP contribution in [0.3, 0.4) is 0 Å². The molecule has 0 heterocycles. The molecule has 1 aromatic rings. The van der Waals surface area contributed by atoms with E-state index in [0.717, 1.165) is 0 Å². The maximum Gasteiger partial charge on any atom is 0.142 e. The van der Waals surface area contributed by atoms with Crippen LogP contribution < -0.4 is 0 Å². The lowest BCUT2D eigenvalue weighted by Gasteiger charge is -2.00. The Bertz CT molecular complexity index is 339. The van der Waals surface area contributed by atoms with Gasteiger partial charge in [-0.15, -0.1) is 0 Å². The van der Waals surface area contributed by atoms with E-state index in [1.54, 1.807) is 6.08 Å². The van der Waals surface area contributed by atoms with Crippen LogP contribution in [0.15, 0.2) is 22.7 Å². The lowest BCUT2D eigenvalue weighted by molar-refractivity contribution is 0.343. The SMILES string of the molecule is OCC=Cc1cc(F)c(Cl)cc1Br. The molecule has 0 aliphatic carbocycles. The van der Waals surface area contributed by atoms with Crippen LogP contribution in [0.1, 0.15) is 5.56 Å². The Balaban J connectivity index is 3.08. The van der Waals surface area contributed by atoms with Gasteiger partial charge in [0.15, 0.2) is 0 Å². The van der Waals surface area contributed by atoms with Gasteiger partial charge in [0.05, 0.1) is 11.6 Å². The van der Waals surface area contributed by atoms with E-state index < -0.39 is 5.82 Å². The van der Waals surface area contributed by atoms with Crippen molar-refractivity contribution < 1.29 is 9.50 Å². The van der Waals surface area contributed by atoms with Crippen molar-refractivity contribution in [2.45, 2.75) is 0 Å². The summed E-state index contributed by atoms with van der Waals surface area (Å²) in [6.45, 7) is -0.0727. The van der Waals surface area contributed by atoms with Gasteiger partial charge in [0.25, 0.3) is 0 Å². The van der Waals surface area contributed by atoms with Crippen LogP contribution in [0, 0.1) is 5.82 Å². The first-order valence-corrected chi connectivity index (χ1v) is 4.74. The Morgan fingerprint density at radius 2 is 2.23 bits per heavy atom. The van der Waals surface area contributed by atoms with Gasteiger partial charge >= 0.3 is 0 Å². The summed E-state index contributed by atoms with van der Waals surface area (Å²) in [5.41, 5.74) is 0.649. The lowest BCUT2D eigenvalue weighted by Crippen LogP contribution is -1.82. The third-order valence-corrected chi connectivity index (χ3v) is 2.42. The molecule has 0 saturated carbocycles. The predicted octanol–water partition coefficient (Wildman–Crippen LogP) is 3.25. The molecule has 0 aliphatic rings. The average molecular weight is 266 g/mol. The number of hydrogen-bond acceptors (Lipinski definition) is 1. The van der Waals surface area contributed by atoms with Crippen LogP contribution in [-0.2, 0) is 0 Å². The summed E-state index contributed by atoms with van der Waals surface area (Å²) in [6, 6.07) is 2.78. The van der Waals surface area contributed by atoms with E-state index >= 15 is 0 Å². The Hall–Kier alpha value is -0.380. The molecule has 1 N–H and O–H groups in total. The molecule has 1 aromatic carbocycles. The Morgan fingerprint density at radius 3 is 2.85 bits per heavy atom. The van der Waals surface area contributed by atoms with Crippen molar-refractivity contribution in [3.05, 3.63) is 39.1 Å². The molecule has 0 atom stereocenters. The second-order valence-corrected chi connectivity index (χ2v) is 3.63. The van der Waals surface area contributed by atoms with Gasteiger partial charge in [0, 0.05) is 4.47 Å². The number of aliphatic hydroxyl groups excluding tert-OH is 1. The van der Waals surface area contributed by atoms with E-state index in [9.17, 15) is 4.39 Å². The fourth-order valence-corrected chi connectivity index (χ4v) is 1.62. The standard InChI is InChI=1S/C9H7BrClFO/c10-7-5-8(11)9(12)4-6(7)2-1-3-13/h1-2,4-5,13H,3H2. The molecule has 0 aliphatic heterocycles. The second kappa shape index (κ2) is 4.74. The molecular weight excluding hydrogens is 258 g/mol. The number of hydrogen-bond donors (Lipinski definition) is 1. The Labute approximate surface area is 89.0 Å². The molecule has 4 heteroatoms. The highest BCUT2D eigenvalue weighted by atomic mass is 79.9. The Morgan fingerprint density at radius 1 is 1.54 bits per heavy atom. The summed E-state index contributed by atoms with van der Waals surface area (Å²) in [5, 5.41) is 8.60. The maximum absolute atomic E-state index is 12.9. The van der Waals surface area contributed by atoms with Gasteiger partial charge in [-0.1, -0.05) is 39.7 Å². The van der Waals surface area contributed by atoms with Gasteiger partial charge in [-0.3, -0.25) is 0 Å². The topological polar surface area (TPSA) is 20.2 Å². The highest BCUT2D eigenvalue weighted by molar-refractivity contribution is 9.10. The van der Waals surface area contributed by atoms with Gasteiger partial charge in [0.1, 0.15) is 5.82 Å². The summed E-state index contributed by atoms with van der Waals surface area (Å²) >= 11 is 8.77. The van der Waals surface area contributed by atoms with Crippen molar-refractivity contribution in [2.24, 2.45) is 0 Å². The normalized spacial score (nSPS) is 11.1. The number of benzene rings is 1. The van der Waals surface area contributed by atoms with Crippen molar-refractivity contribution in [3.8, 4) is 0 Å². The monoisotopic (exact) mass is 264 g/mol. The Kier molecular flexibility index (Phi) is 3.90. The molecule has 0 radical (unpaired) electrons. The molecule has 0 saturated heterocycles. The molecule has 0 fully saturated rings. The summed E-state index contributed by atoms with van der Waals surface area (Å²) in [5.74, 6) is -0.470. The van der Waals surface area contributed by atoms with Gasteiger partial charge in [0.2, 0.25) is 0 Å². The highest BCUT2D eigenvalue weighted by Crippen LogP contribution is 2.25. The fraction of sp³-hybridized carbons (Fsp3) is 0.111. The van der Waals surface area contributed by atoms with Crippen molar-refractivity contribution in [2.75, 3.05) is 6.61 Å². The van der Waals surface area contributed by atoms with Crippen LogP contribution in [0.25, 0.3) is 6.08 Å². The summed E-state index contributed by atoms with van der Waals surface area (Å²) < 4.78 is 13.6. The number of aliphatic hydroxyl groups is 1. The summed E-state index contributed by atoms with van der Waals surface area (Å²) in [7, 11) is 0. The molecule has 0 unspecified atom stereocenters. The van der Waals surface area contributed by atoms with E-state index in [1.807, 2.05) is 0 Å². The van der Waals surface area contributed by atoms with Gasteiger partial charge in [-0.05, 0) is 17.7 Å². The van der Waals surface area contributed by atoms with Crippen molar-refractivity contribution in [1.29, 1.82) is 0 Å². The lowest BCUT2D eigenvalue weighted by atomic mass is 10.2. The van der Waals surface area contributed by atoms with Crippen LogP contribution in [0.4, 0.5) is 4.39 Å². The van der Waals surface area contributed by atoms with Crippen molar-refractivity contribution >= 4 is 33.6 Å². The largest absolute Gasteiger partial charge is 0.392 e. The van der Waals surface area contributed by atoms with Gasteiger partial charge in [-0.25, -0.2) is 4.39 Å². The van der Waals surface area contributed by atoms with E-state index in [1.165, 1.54) is 18.2 Å². The minimum absolute atomic E-state index is 0.0727. The second-order valence-electron chi connectivity index (χ2n) is 2.37. The zero-order valence-electron chi connectivity index (χ0n) is 6.60. The van der Waals surface area contributed by atoms with E-state index in [-0.39, 0.29) is 11.6 Å². The highest BCUT2D eigenvalue weighted by Gasteiger charge is 2.03.